The Morgan fingerprint density at radius 1 is 1.18 bits per heavy atom. The third-order valence-corrected chi connectivity index (χ3v) is 2.76. The van der Waals surface area contributed by atoms with Gasteiger partial charge in [0.1, 0.15) is 0 Å². The maximum absolute atomic E-state index is 2.41. The van der Waals surface area contributed by atoms with Gasteiger partial charge in [0.25, 0.3) is 0 Å². The molecule has 0 unspecified atom stereocenters. The normalized spacial score (nSPS) is 12.0. The molecule has 0 aliphatic heterocycles. The molecule has 0 aliphatic carbocycles. The minimum Gasteiger partial charge on any atom is -0.310 e. The second-order valence-electron chi connectivity index (χ2n) is 4.74. The quantitative estimate of drug-likeness (QED) is 0.485. The topological polar surface area (TPSA) is 3.24 Å². The van der Waals surface area contributed by atoms with Crippen LogP contribution >= 0.6 is 0 Å². The van der Waals surface area contributed by atoms with E-state index in [-0.39, 0.29) is 18.9 Å². The van der Waals surface area contributed by atoms with Crippen molar-refractivity contribution in [3.63, 3.8) is 0 Å². The fraction of sp³-hybridized carbons (Fsp3) is 0.533. The third kappa shape index (κ3) is 7.55. The van der Waals surface area contributed by atoms with Crippen molar-refractivity contribution in [2.45, 2.75) is 26.2 Å². The van der Waals surface area contributed by atoms with Gasteiger partial charge in [0, 0.05) is 0 Å². The fourth-order valence-electron chi connectivity index (χ4n) is 2.00. The summed E-state index contributed by atoms with van der Waals surface area (Å²) in [6.07, 6.45) is 6.31. The second-order valence-corrected chi connectivity index (χ2v) is 4.74. The molecular formula is C15H24LiN. The molecule has 0 aromatic heterocycles. The van der Waals surface area contributed by atoms with Crippen LogP contribution in [0.1, 0.15) is 31.7 Å². The summed E-state index contributed by atoms with van der Waals surface area (Å²) in [5, 5.41) is 0. The van der Waals surface area contributed by atoms with Gasteiger partial charge >= 0.3 is 18.9 Å². The van der Waals surface area contributed by atoms with Crippen molar-refractivity contribution >= 4 is 0 Å². The number of rotatable bonds is 7. The molecule has 0 heterocycles. The van der Waals surface area contributed by atoms with Crippen LogP contribution in [0.3, 0.4) is 0 Å². The van der Waals surface area contributed by atoms with Crippen LogP contribution in [-0.2, 0) is 0 Å². The van der Waals surface area contributed by atoms with E-state index < -0.39 is 0 Å². The maximum atomic E-state index is 2.41. The first-order valence-electron chi connectivity index (χ1n) is 6.27. The van der Waals surface area contributed by atoms with Gasteiger partial charge in [-0.2, -0.15) is 24.1 Å². The first kappa shape index (κ1) is 16.6. The van der Waals surface area contributed by atoms with Crippen LogP contribution in [-0.4, -0.2) is 25.5 Å². The summed E-state index contributed by atoms with van der Waals surface area (Å²) in [4.78, 5) is 2.28. The van der Waals surface area contributed by atoms with E-state index in [0.717, 1.165) is 6.54 Å². The summed E-state index contributed by atoms with van der Waals surface area (Å²) in [5.41, 5.74) is 1.35. The van der Waals surface area contributed by atoms with E-state index in [1.807, 2.05) is 0 Å². The Morgan fingerprint density at radius 2 is 1.82 bits per heavy atom. The summed E-state index contributed by atoms with van der Waals surface area (Å²) in [6, 6.07) is 10.7. The molecule has 0 amide bonds. The zero-order valence-electron chi connectivity index (χ0n) is 11.8. The van der Waals surface area contributed by atoms with E-state index in [2.05, 4.69) is 62.7 Å². The SMILES string of the molecule is CCCC[C@H]([CH-]c1ccccc1)CN(C)C.[Li+]. The van der Waals surface area contributed by atoms with Crippen molar-refractivity contribution in [3.05, 3.63) is 42.3 Å². The summed E-state index contributed by atoms with van der Waals surface area (Å²) in [7, 11) is 4.30. The summed E-state index contributed by atoms with van der Waals surface area (Å²) < 4.78 is 0. The third-order valence-electron chi connectivity index (χ3n) is 2.76. The number of hydrogen-bond donors (Lipinski definition) is 0. The van der Waals surface area contributed by atoms with Crippen LogP contribution in [0.4, 0.5) is 0 Å². The van der Waals surface area contributed by atoms with Crippen LogP contribution in [0.5, 0.6) is 0 Å². The first-order chi connectivity index (χ1) is 7.72. The monoisotopic (exact) mass is 225 g/mol. The van der Waals surface area contributed by atoms with Crippen molar-refractivity contribution in [2.75, 3.05) is 20.6 Å². The van der Waals surface area contributed by atoms with Crippen LogP contribution in [0.2, 0.25) is 0 Å². The zero-order valence-corrected chi connectivity index (χ0v) is 11.8. The molecule has 1 aromatic carbocycles. The van der Waals surface area contributed by atoms with Crippen molar-refractivity contribution in [1.82, 2.24) is 4.90 Å². The molecule has 0 fully saturated rings. The fourth-order valence-corrected chi connectivity index (χ4v) is 2.00. The Balaban J connectivity index is 0.00000256. The zero-order chi connectivity index (χ0) is 11.8. The largest absolute Gasteiger partial charge is 1.00 e. The van der Waals surface area contributed by atoms with E-state index in [0.29, 0.717) is 5.92 Å². The van der Waals surface area contributed by atoms with E-state index >= 15 is 0 Å². The molecular weight excluding hydrogens is 201 g/mol. The molecule has 90 valence electrons. The molecule has 0 spiro atoms. The van der Waals surface area contributed by atoms with Gasteiger partial charge in [-0.05, 0) is 20.6 Å². The molecule has 1 atom stereocenters. The Kier molecular flexibility index (Phi) is 9.45. The Labute approximate surface area is 119 Å². The van der Waals surface area contributed by atoms with Crippen molar-refractivity contribution in [1.29, 1.82) is 0 Å². The smallest absolute Gasteiger partial charge is 0.310 e. The van der Waals surface area contributed by atoms with Crippen molar-refractivity contribution in [2.24, 2.45) is 5.92 Å². The van der Waals surface area contributed by atoms with Gasteiger partial charge in [0.15, 0.2) is 0 Å². The molecule has 1 aromatic rings. The summed E-state index contributed by atoms with van der Waals surface area (Å²) >= 11 is 0. The molecule has 1 rings (SSSR count). The number of benzene rings is 1. The van der Waals surface area contributed by atoms with Gasteiger partial charge in [-0.15, -0.1) is 12.1 Å². The molecule has 0 saturated heterocycles. The van der Waals surface area contributed by atoms with Crippen LogP contribution in [0.15, 0.2) is 30.3 Å². The molecule has 17 heavy (non-hydrogen) atoms. The summed E-state index contributed by atoms with van der Waals surface area (Å²) in [6.45, 7) is 3.41. The van der Waals surface area contributed by atoms with Crippen LogP contribution in [0, 0.1) is 12.3 Å². The molecule has 2 heteroatoms. The van der Waals surface area contributed by atoms with E-state index in [1.165, 1.54) is 24.8 Å². The van der Waals surface area contributed by atoms with Gasteiger partial charge in [-0.25, -0.2) is 0 Å². The van der Waals surface area contributed by atoms with Gasteiger partial charge in [0.2, 0.25) is 0 Å². The predicted molar refractivity (Wildman–Crippen MR) is 71.4 cm³/mol. The van der Waals surface area contributed by atoms with Gasteiger partial charge in [-0.3, -0.25) is 0 Å². The number of hydrogen-bond acceptors (Lipinski definition) is 1. The Morgan fingerprint density at radius 3 is 2.35 bits per heavy atom. The Hall–Kier alpha value is -0.353. The van der Waals surface area contributed by atoms with Gasteiger partial charge in [-0.1, -0.05) is 38.2 Å². The van der Waals surface area contributed by atoms with Gasteiger partial charge < -0.3 is 4.90 Å². The predicted octanol–water partition coefficient (Wildman–Crippen LogP) is 0.611. The molecule has 0 saturated carbocycles. The first-order valence-corrected chi connectivity index (χ1v) is 6.27. The molecule has 0 N–H and O–H groups in total. The van der Waals surface area contributed by atoms with Gasteiger partial charge in [0.05, 0.1) is 0 Å². The minimum atomic E-state index is 0. The van der Waals surface area contributed by atoms with E-state index in [9.17, 15) is 0 Å². The molecule has 0 radical (unpaired) electrons. The molecule has 1 nitrogen and oxygen atoms in total. The van der Waals surface area contributed by atoms with Crippen molar-refractivity contribution < 1.29 is 18.9 Å². The minimum absolute atomic E-state index is 0. The molecule has 0 aliphatic rings. The molecule has 0 bridgehead atoms. The Bertz CT molecular complexity index is 272. The average Bonchev–Trinajstić information content (AvgIpc) is 2.26. The second kappa shape index (κ2) is 9.65. The number of nitrogens with zero attached hydrogens (tertiary/aromatic N) is 1. The maximum Gasteiger partial charge on any atom is 1.00 e. The van der Waals surface area contributed by atoms with E-state index in [1.54, 1.807) is 0 Å². The van der Waals surface area contributed by atoms with Crippen molar-refractivity contribution in [3.8, 4) is 0 Å². The standard InChI is InChI=1S/C15H24N.Li/c1-4-5-9-15(13-16(2)3)12-14-10-7-6-8-11-14;/h6-8,10-12,15H,4-5,9,13H2,1-3H3;/q-1;+1/t15-;/m1./s1. The van der Waals surface area contributed by atoms with E-state index in [4.69, 9.17) is 0 Å². The van der Waals surface area contributed by atoms with Crippen LogP contribution < -0.4 is 18.9 Å². The average molecular weight is 225 g/mol. The summed E-state index contributed by atoms with van der Waals surface area (Å²) in [5.74, 6) is 0.678. The number of unbranched alkanes of at least 4 members (excludes halogenated alkanes) is 1. The van der Waals surface area contributed by atoms with Crippen LogP contribution in [0.25, 0.3) is 0 Å².